The second kappa shape index (κ2) is 9.57. The normalized spacial score (nSPS) is 7.00. The van der Waals surface area contributed by atoms with E-state index in [2.05, 4.69) is 4.74 Å². The molecule has 3 heteroatoms. The number of hydrogen-bond acceptors (Lipinski definition) is 2. The van der Waals surface area contributed by atoms with Gasteiger partial charge < -0.3 is 9.84 Å². The predicted octanol–water partition coefficient (Wildman–Crippen LogP) is -0.375. The molecule has 0 rings (SSSR count). The van der Waals surface area contributed by atoms with Gasteiger partial charge in [0.15, 0.2) is 0 Å². The van der Waals surface area contributed by atoms with Crippen molar-refractivity contribution < 1.29 is 51.6 Å². The van der Waals surface area contributed by atoms with Crippen LogP contribution >= 0.6 is 0 Å². The largest absolute Gasteiger partial charge is 0.394 e. The number of hydrogen-bond donors (Lipinski definition) is 1. The summed E-state index contributed by atoms with van der Waals surface area (Å²) in [6.07, 6.45) is 0. The van der Waals surface area contributed by atoms with Crippen LogP contribution in [0, 0.1) is 41.7 Å². The van der Waals surface area contributed by atoms with Gasteiger partial charge in [-0.1, -0.05) is 0 Å². The second-order valence-corrected chi connectivity index (χ2v) is 0.716. The monoisotopic (exact) mass is 216 g/mol. The summed E-state index contributed by atoms with van der Waals surface area (Å²) < 4.78 is 4.44. The number of methoxy groups -OCH3 is 1. The third kappa shape index (κ3) is 9.00. The van der Waals surface area contributed by atoms with Gasteiger partial charge in [0.25, 0.3) is 0 Å². The van der Waals surface area contributed by atoms with Crippen LogP contribution in [0.25, 0.3) is 0 Å². The summed E-state index contributed by atoms with van der Waals surface area (Å²) in [5.41, 5.74) is 0. The zero-order valence-corrected chi connectivity index (χ0v) is 6.91. The Morgan fingerprint density at radius 1 is 1.67 bits per heavy atom. The van der Waals surface area contributed by atoms with Crippen molar-refractivity contribution in [3.8, 4) is 0 Å². The fourth-order valence-electron chi connectivity index (χ4n) is 0.0913. The van der Waals surface area contributed by atoms with Crippen molar-refractivity contribution in [3.63, 3.8) is 0 Å². The Balaban J connectivity index is 0. The van der Waals surface area contributed by atoms with Crippen molar-refractivity contribution in [2.75, 3.05) is 20.3 Å². The summed E-state index contributed by atoms with van der Waals surface area (Å²) in [4.78, 5) is 0. The number of aliphatic hydroxyl groups is 1. The molecule has 1 N–H and O–H groups in total. The number of aliphatic hydroxyl groups excluding tert-OH is 1. The summed E-state index contributed by atoms with van der Waals surface area (Å²) in [5.74, 6) is 0. The van der Waals surface area contributed by atoms with Crippen LogP contribution in [0.15, 0.2) is 0 Å². The topological polar surface area (TPSA) is 29.5 Å². The van der Waals surface area contributed by atoms with Crippen molar-refractivity contribution in [1.29, 1.82) is 0 Å². The molecule has 0 saturated carbocycles. The van der Waals surface area contributed by atoms with Crippen LogP contribution < -0.4 is 0 Å². The molecule has 0 heterocycles. The zero-order valence-electron chi connectivity index (χ0n) is 3.77. The van der Waals surface area contributed by atoms with Gasteiger partial charge in [0.1, 0.15) is 0 Å². The van der Waals surface area contributed by atoms with E-state index >= 15 is 0 Å². The van der Waals surface area contributed by atoms with E-state index in [1.165, 1.54) is 0 Å². The van der Waals surface area contributed by atoms with Gasteiger partial charge in [-0.2, -0.15) is 0 Å². The minimum atomic E-state index is 0. The van der Waals surface area contributed by atoms with E-state index in [1.54, 1.807) is 7.11 Å². The molecule has 0 aromatic carbocycles. The summed E-state index contributed by atoms with van der Waals surface area (Å²) in [6.45, 7) is 0.566. The Morgan fingerprint density at radius 2 is 2.17 bits per heavy atom. The van der Waals surface area contributed by atoms with Gasteiger partial charge >= 0.3 is 0 Å². The predicted molar refractivity (Wildman–Crippen MR) is 19.0 cm³/mol. The average Bonchev–Trinajstić information content (AvgIpc) is 1.41. The van der Waals surface area contributed by atoms with Crippen LogP contribution in [-0.2, 0) is 4.74 Å². The molecular weight excluding hydrogens is 208 g/mol. The summed E-state index contributed by atoms with van der Waals surface area (Å²) >= 11 is 0. The van der Waals surface area contributed by atoms with Crippen LogP contribution in [0.3, 0.4) is 0 Å². The summed E-state index contributed by atoms with van der Waals surface area (Å²) in [7, 11) is 1.55. The first-order valence-electron chi connectivity index (χ1n) is 1.51. The van der Waals surface area contributed by atoms with E-state index in [9.17, 15) is 0 Å². The SMILES string of the molecule is COCCO.[Ce]. The van der Waals surface area contributed by atoms with Gasteiger partial charge in [0.2, 0.25) is 0 Å². The average molecular weight is 216 g/mol. The van der Waals surface area contributed by atoms with Crippen LogP contribution in [0.1, 0.15) is 0 Å². The van der Waals surface area contributed by atoms with E-state index < -0.39 is 0 Å². The van der Waals surface area contributed by atoms with E-state index in [0.717, 1.165) is 0 Å². The minimum absolute atomic E-state index is 0. The van der Waals surface area contributed by atoms with Crippen LogP contribution in [0.5, 0.6) is 0 Å². The Bertz CT molecular complexity index is 16.3. The van der Waals surface area contributed by atoms with E-state index in [4.69, 9.17) is 5.11 Å². The van der Waals surface area contributed by atoms with E-state index in [1.807, 2.05) is 0 Å². The van der Waals surface area contributed by atoms with E-state index in [0.29, 0.717) is 6.61 Å². The molecule has 0 saturated heterocycles. The van der Waals surface area contributed by atoms with Gasteiger partial charge in [0.05, 0.1) is 13.2 Å². The Morgan fingerprint density at radius 3 is 2.17 bits per heavy atom. The van der Waals surface area contributed by atoms with Gasteiger partial charge in [0, 0.05) is 48.9 Å². The molecule has 0 atom stereocenters. The third-order valence-electron chi connectivity index (χ3n) is 0.295. The second-order valence-electron chi connectivity index (χ2n) is 0.716. The van der Waals surface area contributed by atoms with Gasteiger partial charge in [-0.15, -0.1) is 0 Å². The maximum atomic E-state index is 7.94. The van der Waals surface area contributed by atoms with Crippen molar-refractivity contribution in [1.82, 2.24) is 0 Å². The molecular formula is C3H8CeO2. The molecule has 0 spiro atoms. The standard InChI is InChI=1S/C3H8O2.Ce/c1-5-3-2-4;/h4H,2-3H2,1H3;. The van der Waals surface area contributed by atoms with Crippen molar-refractivity contribution in [3.05, 3.63) is 0 Å². The van der Waals surface area contributed by atoms with Gasteiger partial charge in [-0.25, -0.2) is 0 Å². The third-order valence-corrected chi connectivity index (χ3v) is 0.295. The molecule has 0 aliphatic rings. The van der Waals surface area contributed by atoms with Crippen LogP contribution in [-0.4, -0.2) is 25.4 Å². The molecule has 2 nitrogen and oxygen atoms in total. The molecule has 6 heavy (non-hydrogen) atoms. The molecule has 0 fully saturated rings. The fourth-order valence-corrected chi connectivity index (χ4v) is 0.0913. The first-order valence-corrected chi connectivity index (χ1v) is 1.51. The van der Waals surface area contributed by atoms with Crippen molar-refractivity contribution >= 4 is 0 Å². The van der Waals surface area contributed by atoms with Gasteiger partial charge in [-0.3, -0.25) is 0 Å². The maximum absolute atomic E-state index is 7.94. The summed E-state index contributed by atoms with van der Waals surface area (Å²) in [6, 6.07) is 0. The van der Waals surface area contributed by atoms with E-state index in [-0.39, 0.29) is 48.4 Å². The molecule has 0 aromatic heterocycles. The molecule has 0 aliphatic heterocycles. The molecule has 0 unspecified atom stereocenters. The fraction of sp³-hybridized carbons (Fsp3) is 1.00. The first-order chi connectivity index (χ1) is 2.41. The molecule has 0 aromatic rings. The zero-order chi connectivity index (χ0) is 4.12. The van der Waals surface area contributed by atoms with Crippen molar-refractivity contribution in [2.45, 2.75) is 0 Å². The van der Waals surface area contributed by atoms with Crippen LogP contribution in [0.2, 0.25) is 0 Å². The molecule has 0 bridgehead atoms. The first kappa shape index (κ1) is 10.3. The Hall–Kier alpha value is 1.30. The Kier molecular flexibility index (Phi) is 16.4. The molecule has 0 amide bonds. The Labute approximate surface area is 71.3 Å². The smallest absolute Gasteiger partial charge is 0.0693 e. The van der Waals surface area contributed by atoms with Crippen molar-refractivity contribution in [2.24, 2.45) is 0 Å². The number of ether oxygens (including phenoxy) is 1. The van der Waals surface area contributed by atoms with Gasteiger partial charge in [-0.05, 0) is 0 Å². The molecule has 0 aliphatic carbocycles. The quantitative estimate of drug-likeness (QED) is 0.682. The maximum Gasteiger partial charge on any atom is 0.0693 e. The molecule has 0 radical (unpaired) electrons. The van der Waals surface area contributed by atoms with Crippen LogP contribution in [0.4, 0.5) is 0 Å². The minimum Gasteiger partial charge on any atom is -0.394 e. The summed E-state index contributed by atoms with van der Waals surface area (Å²) in [5, 5.41) is 7.94. The molecule has 36 valence electrons. The number of rotatable bonds is 2.